The molecule has 0 saturated carbocycles. The minimum atomic E-state index is -3.88. The number of fused-ring (bicyclic) bond motifs is 2. The Balaban J connectivity index is 1.41. The number of amides is 3. The molecule has 4 aromatic rings. The zero-order valence-corrected chi connectivity index (χ0v) is 27.3. The predicted molar refractivity (Wildman–Crippen MR) is 180 cm³/mol. The first-order valence-corrected chi connectivity index (χ1v) is 16.7. The Morgan fingerprint density at radius 2 is 1.78 bits per heavy atom. The lowest BCUT2D eigenvalue weighted by Crippen LogP contribution is -2.48. The molecular formula is C35H40N4O6S. The van der Waals surface area contributed by atoms with Gasteiger partial charge in [-0.3, -0.25) is 9.52 Å². The molecule has 1 heterocycles. The average Bonchev–Trinajstić information content (AvgIpc) is 3.08. The second-order valence-corrected chi connectivity index (χ2v) is 13.6. The van der Waals surface area contributed by atoms with Crippen LogP contribution in [0.2, 0.25) is 0 Å². The first-order valence-electron chi connectivity index (χ1n) is 15.2. The number of urea groups is 1. The molecule has 242 valence electrons. The lowest BCUT2D eigenvalue weighted by Gasteiger charge is -2.34. The maximum absolute atomic E-state index is 13.6. The van der Waals surface area contributed by atoms with Crippen molar-refractivity contribution < 1.29 is 27.9 Å². The molecule has 10 nitrogen and oxygen atoms in total. The highest BCUT2D eigenvalue weighted by molar-refractivity contribution is 7.92. The van der Waals surface area contributed by atoms with Crippen LogP contribution in [0.25, 0.3) is 10.8 Å². The molecule has 3 amide bonds. The Kier molecular flexibility index (Phi) is 9.83. The monoisotopic (exact) mass is 644 g/mol. The highest BCUT2D eigenvalue weighted by Gasteiger charge is 2.32. The van der Waals surface area contributed by atoms with Gasteiger partial charge in [-0.15, -0.1) is 0 Å². The summed E-state index contributed by atoms with van der Waals surface area (Å²) in [4.78, 5) is 30.2. The second-order valence-electron chi connectivity index (χ2n) is 12.0. The van der Waals surface area contributed by atoms with Gasteiger partial charge < -0.3 is 25.0 Å². The van der Waals surface area contributed by atoms with Crippen LogP contribution in [0, 0.1) is 12.8 Å². The van der Waals surface area contributed by atoms with Crippen LogP contribution in [-0.2, 0) is 21.2 Å². The fraction of sp³-hybridized carbons (Fsp3) is 0.314. The number of nitrogens with one attached hydrogen (secondary N) is 2. The third kappa shape index (κ3) is 7.43. The Hall–Kier alpha value is -4.61. The number of sulfonamides is 1. The first-order chi connectivity index (χ1) is 21.9. The van der Waals surface area contributed by atoms with Gasteiger partial charge in [0.15, 0.2) is 0 Å². The van der Waals surface area contributed by atoms with Crippen LogP contribution in [0.4, 0.5) is 16.2 Å². The summed E-state index contributed by atoms with van der Waals surface area (Å²) in [6.45, 7) is 5.87. The van der Waals surface area contributed by atoms with Crippen molar-refractivity contribution >= 4 is 44.1 Å². The first kappa shape index (κ1) is 32.8. The molecule has 11 heteroatoms. The molecule has 46 heavy (non-hydrogen) atoms. The van der Waals surface area contributed by atoms with Crippen molar-refractivity contribution in [2.45, 2.75) is 44.2 Å². The summed E-state index contributed by atoms with van der Waals surface area (Å²) in [5, 5.41) is 14.9. The number of anilines is 2. The smallest absolute Gasteiger partial charge is 0.321 e. The number of ether oxygens (including phenoxy) is 1. The lowest BCUT2D eigenvalue weighted by atomic mass is 10.0. The lowest BCUT2D eigenvalue weighted by molar-refractivity contribution is -0.134. The van der Waals surface area contributed by atoms with Gasteiger partial charge in [-0.25, -0.2) is 13.2 Å². The highest BCUT2D eigenvalue weighted by Crippen LogP contribution is 2.30. The van der Waals surface area contributed by atoms with Gasteiger partial charge in [-0.05, 0) is 55.6 Å². The van der Waals surface area contributed by atoms with Gasteiger partial charge in [0, 0.05) is 36.1 Å². The number of nitrogens with zero attached hydrogens (tertiary/aromatic N) is 2. The van der Waals surface area contributed by atoms with Crippen molar-refractivity contribution in [1.82, 2.24) is 9.80 Å². The number of hydrogen-bond acceptors (Lipinski definition) is 6. The summed E-state index contributed by atoms with van der Waals surface area (Å²) >= 11 is 0. The van der Waals surface area contributed by atoms with Crippen LogP contribution in [0.5, 0.6) is 5.75 Å². The average molecular weight is 645 g/mol. The third-order valence-corrected chi connectivity index (χ3v) is 9.73. The molecule has 3 atom stereocenters. The normalized spacial score (nSPS) is 17.6. The van der Waals surface area contributed by atoms with E-state index in [4.69, 9.17) is 4.74 Å². The van der Waals surface area contributed by atoms with Gasteiger partial charge >= 0.3 is 6.03 Å². The van der Waals surface area contributed by atoms with Crippen molar-refractivity contribution in [2.24, 2.45) is 5.92 Å². The Bertz CT molecular complexity index is 1820. The van der Waals surface area contributed by atoms with E-state index in [-0.39, 0.29) is 48.0 Å². The number of carbonyl (C=O) groups excluding carboxylic acids is 2. The largest absolute Gasteiger partial charge is 0.488 e. The Morgan fingerprint density at radius 3 is 2.52 bits per heavy atom. The van der Waals surface area contributed by atoms with Crippen LogP contribution in [-0.4, -0.2) is 74.2 Å². The maximum Gasteiger partial charge on any atom is 0.321 e. The number of likely N-dealkylation sites (N-methyl/N-ethyl adjacent to an activating group) is 1. The molecule has 1 aliphatic heterocycles. The van der Waals surface area contributed by atoms with Crippen molar-refractivity contribution in [3.05, 3.63) is 96.1 Å². The number of hydrogen-bond donors (Lipinski definition) is 3. The zero-order valence-electron chi connectivity index (χ0n) is 26.4. The molecule has 4 aromatic carbocycles. The summed E-state index contributed by atoms with van der Waals surface area (Å²) in [6, 6.07) is 24.1. The maximum atomic E-state index is 13.6. The van der Waals surface area contributed by atoms with E-state index in [1.54, 1.807) is 54.1 Å². The highest BCUT2D eigenvalue weighted by atomic mass is 32.2. The minimum absolute atomic E-state index is 0.0589. The minimum Gasteiger partial charge on any atom is -0.488 e. The van der Waals surface area contributed by atoms with E-state index >= 15 is 0 Å². The van der Waals surface area contributed by atoms with E-state index in [1.807, 2.05) is 56.3 Å². The van der Waals surface area contributed by atoms with Gasteiger partial charge in [-0.2, -0.15) is 0 Å². The van der Waals surface area contributed by atoms with Crippen molar-refractivity contribution in [2.75, 3.05) is 36.8 Å². The summed E-state index contributed by atoms with van der Waals surface area (Å²) in [6.07, 6.45) is -0.590. The fourth-order valence-corrected chi connectivity index (χ4v) is 6.59. The zero-order chi connectivity index (χ0) is 33.0. The quantitative estimate of drug-likeness (QED) is 0.240. The predicted octanol–water partition coefficient (Wildman–Crippen LogP) is 5.26. The molecule has 0 fully saturated rings. The molecule has 0 aliphatic carbocycles. The van der Waals surface area contributed by atoms with Crippen LogP contribution in [0.1, 0.15) is 25.0 Å². The molecule has 5 rings (SSSR count). The van der Waals surface area contributed by atoms with E-state index < -0.39 is 22.2 Å². The summed E-state index contributed by atoms with van der Waals surface area (Å²) < 4.78 is 35.3. The molecular weight excluding hydrogens is 604 g/mol. The molecule has 3 N–H and O–H groups in total. The number of aliphatic hydroxyl groups is 1. The van der Waals surface area contributed by atoms with Crippen LogP contribution in [0.15, 0.2) is 89.8 Å². The standard InChI is InChI=1S/C35H40N4O6S/c1-23-12-15-29(16-13-23)46(43,44)37-28-14-17-32-27(18-28)19-34(41)39(25(3)22-40)20-24(2)33(45-32)21-38(4)35(42)36-31-11-7-9-26-8-5-6-10-30(26)31/h5-18,24-25,33,37,40H,19-22H2,1-4H3,(H,36,42)/t24-,25+,33-/m1/s1. The number of rotatable bonds is 8. The van der Waals surface area contributed by atoms with Gasteiger partial charge in [-0.1, -0.05) is 61.0 Å². The molecule has 0 bridgehead atoms. The van der Waals surface area contributed by atoms with Crippen LogP contribution < -0.4 is 14.8 Å². The van der Waals surface area contributed by atoms with E-state index in [9.17, 15) is 23.1 Å². The Labute approximate surface area is 270 Å². The molecule has 0 spiro atoms. The van der Waals surface area contributed by atoms with Gasteiger partial charge in [0.25, 0.3) is 10.0 Å². The summed E-state index contributed by atoms with van der Waals surface area (Å²) in [5.41, 5.74) is 2.41. The topological polar surface area (TPSA) is 128 Å². The molecule has 0 radical (unpaired) electrons. The SMILES string of the molecule is Cc1ccc(S(=O)(=O)Nc2ccc3c(c2)CC(=O)N([C@@H](C)CO)C[C@@H](C)[C@@H](CN(C)C(=O)Nc2cccc4ccccc24)O3)cc1. The summed E-state index contributed by atoms with van der Waals surface area (Å²) in [7, 11) is -2.19. The number of aryl methyl sites for hydroxylation is 1. The molecule has 1 aliphatic rings. The van der Waals surface area contributed by atoms with Gasteiger partial charge in [0.05, 0.1) is 36.2 Å². The van der Waals surface area contributed by atoms with Crippen LogP contribution in [0.3, 0.4) is 0 Å². The molecule has 0 saturated heterocycles. The van der Waals surface area contributed by atoms with E-state index in [0.29, 0.717) is 23.5 Å². The van der Waals surface area contributed by atoms with E-state index in [2.05, 4.69) is 10.0 Å². The number of aliphatic hydroxyl groups excluding tert-OH is 1. The van der Waals surface area contributed by atoms with E-state index in [0.717, 1.165) is 16.3 Å². The van der Waals surface area contributed by atoms with Gasteiger partial charge in [0.2, 0.25) is 5.91 Å². The van der Waals surface area contributed by atoms with Crippen molar-refractivity contribution in [1.29, 1.82) is 0 Å². The van der Waals surface area contributed by atoms with Crippen LogP contribution >= 0.6 is 0 Å². The van der Waals surface area contributed by atoms with Crippen molar-refractivity contribution in [3.8, 4) is 5.75 Å². The van der Waals surface area contributed by atoms with Gasteiger partial charge in [0.1, 0.15) is 11.9 Å². The molecule has 0 unspecified atom stereocenters. The van der Waals surface area contributed by atoms with E-state index in [1.165, 1.54) is 12.1 Å². The number of carbonyl (C=O) groups is 2. The van der Waals surface area contributed by atoms with Crippen molar-refractivity contribution in [3.63, 3.8) is 0 Å². The fourth-order valence-electron chi connectivity index (χ4n) is 5.54. The second kappa shape index (κ2) is 13.8. The molecule has 0 aromatic heterocycles. The Morgan fingerprint density at radius 1 is 1.07 bits per heavy atom. The number of benzene rings is 4. The third-order valence-electron chi connectivity index (χ3n) is 8.33. The summed E-state index contributed by atoms with van der Waals surface area (Å²) in [5.74, 6) is -0.0271.